The van der Waals surface area contributed by atoms with Crippen LogP contribution >= 0.6 is 11.3 Å². The summed E-state index contributed by atoms with van der Waals surface area (Å²) in [5.41, 5.74) is 0.153. The largest absolute Gasteiger partial charge is 0.481 e. The lowest BCUT2D eigenvalue weighted by Gasteiger charge is -2.24. The Morgan fingerprint density at radius 1 is 1.33 bits per heavy atom. The highest BCUT2D eigenvalue weighted by Crippen LogP contribution is 2.28. The van der Waals surface area contributed by atoms with E-state index >= 15 is 0 Å². The van der Waals surface area contributed by atoms with Crippen LogP contribution in [-0.4, -0.2) is 22.0 Å². The summed E-state index contributed by atoms with van der Waals surface area (Å²) in [5.74, 6) is -1.39. The first-order chi connectivity index (χ1) is 9.91. The van der Waals surface area contributed by atoms with Gasteiger partial charge in [0.25, 0.3) is 0 Å². The van der Waals surface area contributed by atoms with Crippen LogP contribution in [0.3, 0.4) is 0 Å². The van der Waals surface area contributed by atoms with E-state index in [1.54, 1.807) is 31.2 Å². The molecule has 110 valence electrons. The van der Waals surface area contributed by atoms with Crippen LogP contribution in [0.2, 0.25) is 0 Å². The summed E-state index contributed by atoms with van der Waals surface area (Å²) in [6.45, 7) is 3.38. The second-order valence-corrected chi connectivity index (χ2v) is 5.88. The number of anilines is 1. The first-order valence-corrected chi connectivity index (χ1v) is 7.31. The minimum Gasteiger partial charge on any atom is -0.481 e. The zero-order chi connectivity index (χ0) is 15.5. The Morgan fingerprint density at radius 3 is 2.52 bits per heavy atom. The summed E-state index contributed by atoms with van der Waals surface area (Å²) in [5, 5.41) is 14.5. The van der Waals surface area contributed by atoms with Crippen LogP contribution in [0.1, 0.15) is 24.6 Å². The SMILES string of the molecule is Cc1csc(NC(=O)CC(C)(C(=O)O)c2ccccc2)n1. The molecule has 0 saturated carbocycles. The van der Waals surface area contributed by atoms with Crippen molar-refractivity contribution >= 4 is 28.3 Å². The Kier molecular flexibility index (Phi) is 4.37. The van der Waals surface area contributed by atoms with Gasteiger partial charge in [0.2, 0.25) is 5.91 Å². The molecule has 0 fully saturated rings. The number of hydrogen-bond donors (Lipinski definition) is 2. The van der Waals surface area contributed by atoms with E-state index in [2.05, 4.69) is 10.3 Å². The molecule has 1 atom stereocenters. The molecule has 0 radical (unpaired) electrons. The van der Waals surface area contributed by atoms with Crippen molar-refractivity contribution in [1.29, 1.82) is 0 Å². The van der Waals surface area contributed by atoms with Crippen molar-refractivity contribution in [2.75, 3.05) is 5.32 Å². The smallest absolute Gasteiger partial charge is 0.314 e. The van der Waals surface area contributed by atoms with Gasteiger partial charge in [0.1, 0.15) is 0 Å². The lowest BCUT2D eigenvalue weighted by Crippen LogP contribution is -2.36. The van der Waals surface area contributed by atoms with Gasteiger partial charge in [0, 0.05) is 11.8 Å². The molecule has 1 heterocycles. The fraction of sp³-hybridized carbons (Fsp3) is 0.267. The highest BCUT2D eigenvalue weighted by atomic mass is 32.1. The average molecular weight is 304 g/mol. The van der Waals surface area contributed by atoms with Crippen LogP contribution in [0, 0.1) is 6.92 Å². The quantitative estimate of drug-likeness (QED) is 0.890. The van der Waals surface area contributed by atoms with Crippen molar-refractivity contribution in [1.82, 2.24) is 4.98 Å². The molecule has 0 aliphatic carbocycles. The maximum Gasteiger partial charge on any atom is 0.314 e. The number of aryl methyl sites for hydroxylation is 1. The van der Waals surface area contributed by atoms with Crippen molar-refractivity contribution in [3.05, 3.63) is 47.0 Å². The molecular formula is C15H16N2O3S. The molecule has 0 bridgehead atoms. The van der Waals surface area contributed by atoms with E-state index in [0.717, 1.165) is 5.69 Å². The van der Waals surface area contributed by atoms with Gasteiger partial charge in [0.15, 0.2) is 5.13 Å². The monoisotopic (exact) mass is 304 g/mol. The molecule has 0 saturated heterocycles. The molecule has 21 heavy (non-hydrogen) atoms. The number of carbonyl (C=O) groups is 2. The number of amides is 1. The molecule has 0 aliphatic rings. The van der Waals surface area contributed by atoms with E-state index in [4.69, 9.17) is 0 Å². The van der Waals surface area contributed by atoms with Gasteiger partial charge >= 0.3 is 5.97 Å². The van der Waals surface area contributed by atoms with Crippen molar-refractivity contribution in [3.8, 4) is 0 Å². The van der Waals surface area contributed by atoms with E-state index < -0.39 is 11.4 Å². The lowest BCUT2D eigenvalue weighted by atomic mass is 9.79. The third-order valence-electron chi connectivity index (χ3n) is 3.26. The first-order valence-electron chi connectivity index (χ1n) is 6.43. The average Bonchev–Trinajstić information content (AvgIpc) is 2.84. The van der Waals surface area contributed by atoms with Crippen LogP contribution in [0.4, 0.5) is 5.13 Å². The maximum absolute atomic E-state index is 12.1. The molecule has 2 rings (SSSR count). The van der Waals surface area contributed by atoms with E-state index in [0.29, 0.717) is 10.7 Å². The third-order valence-corrected chi connectivity index (χ3v) is 4.14. The van der Waals surface area contributed by atoms with Crippen LogP contribution in [0.25, 0.3) is 0 Å². The van der Waals surface area contributed by atoms with E-state index in [1.807, 2.05) is 18.4 Å². The van der Waals surface area contributed by atoms with Crippen LogP contribution in [0.5, 0.6) is 0 Å². The number of aliphatic carboxylic acids is 1. The van der Waals surface area contributed by atoms with Crippen molar-refractivity contribution < 1.29 is 14.7 Å². The van der Waals surface area contributed by atoms with Gasteiger partial charge < -0.3 is 10.4 Å². The zero-order valence-electron chi connectivity index (χ0n) is 11.8. The fourth-order valence-electron chi connectivity index (χ4n) is 2.00. The predicted molar refractivity (Wildman–Crippen MR) is 81.5 cm³/mol. The Balaban J connectivity index is 2.17. The number of hydrogen-bond acceptors (Lipinski definition) is 4. The normalized spacial score (nSPS) is 13.4. The molecule has 1 unspecified atom stereocenters. The van der Waals surface area contributed by atoms with Crippen LogP contribution in [-0.2, 0) is 15.0 Å². The number of aromatic nitrogens is 1. The summed E-state index contributed by atoms with van der Waals surface area (Å²) in [6, 6.07) is 8.77. The van der Waals surface area contributed by atoms with Gasteiger partial charge in [-0.05, 0) is 19.4 Å². The molecule has 0 spiro atoms. The molecule has 2 aromatic rings. The molecule has 1 amide bonds. The summed E-state index contributed by atoms with van der Waals surface area (Å²) in [7, 11) is 0. The molecule has 5 nitrogen and oxygen atoms in total. The number of rotatable bonds is 5. The Hall–Kier alpha value is -2.21. The standard InChI is InChI=1S/C15H16N2O3S/c1-10-9-21-14(16-10)17-12(18)8-15(2,13(19)20)11-6-4-3-5-7-11/h3-7,9H,8H2,1-2H3,(H,19,20)(H,16,17,18). The Morgan fingerprint density at radius 2 is 2.00 bits per heavy atom. The van der Waals surface area contributed by atoms with Crippen molar-refractivity contribution in [2.45, 2.75) is 25.7 Å². The van der Waals surface area contributed by atoms with Crippen molar-refractivity contribution in [3.63, 3.8) is 0 Å². The molecule has 1 aromatic carbocycles. The number of nitrogens with zero attached hydrogens (tertiary/aromatic N) is 1. The van der Waals surface area contributed by atoms with Gasteiger partial charge in [-0.3, -0.25) is 9.59 Å². The molecular weight excluding hydrogens is 288 g/mol. The Bertz CT molecular complexity index is 654. The minimum absolute atomic E-state index is 0.148. The second kappa shape index (κ2) is 6.05. The topological polar surface area (TPSA) is 79.3 Å². The number of carboxylic acid groups (broad SMARTS) is 1. The van der Waals surface area contributed by atoms with Gasteiger partial charge in [-0.1, -0.05) is 30.3 Å². The van der Waals surface area contributed by atoms with E-state index in [1.165, 1.54) is 11.3 Å². The molecule has 0 aliphatic heterocycles. The number of nitrogens with one attached hydrogen (secondary N) is 1. The minimum atomic E-state index is -1.27. The summed E-state index contributed by atoms with van der Waals surface area (Å²) in [6.07, 6.45) is -0.148. The van der Waals surface area contributed by atoms with Gasteiger partial charge in [-0.25, -0.2) is 4.98 Å². The highest BCUT2D eigenvalue weighted by Gasteiger charge is 2.37. The second-order valence-electron chi connectivity index (χ2n) is 5.02. The van der Waals surface area contributed by atoms with Gasteiger partial charge in [-0.15, -0.1) is 11.3 Å². The van der Waals surface area contributed by atoms with Crippen LogP contribution in [0.15, 0.2) is 35.7 Å². The zero-order valence-corrected chi connectivity index (χ0v) is 12.6. The first kappa shape index (κ1) is 15.2. The van der Waals surface area contributed by atoms with E-state index in [-0.39, 0.29) is 12.3 Å². The summed E-state index contributed by atoms with van der Waals surface area (Å²) < 4.78 is 0. The molecule has 2 N–H and O–H groups in total. The van der Waals surface area contributed by atoms with Crippen molar-refractivity contribution in [2.24, 2.45) is 0 Å². The number of thiazole rings is 1. The number of benzene rings is 1. The summed E-state index contributed by atoms with van der Waals surface area (Å²) in [4.78, 5) is 27.9. The Labute approximate surface area is 126 Å². The van der Waals surface area contributed by atoms with Crippen LogP contribution < -0.4 is 5.32 Å². The predicted octanol–water partition coefficient (Wildman–Crippen LogP) is 2.82. The molecule has 1 aromatic heterocycles. The van der Waals surface area contributed by atoms with E-state index in [9.17, 15) is 14.7 Å². The maximum atomic E-state index is 12.1. The van der Waals surface area contributed by atoms with Gasteiger partial charge in [0.05, 0.1) is 11.1 Å². The summed E-state index contributed by atoms with van der Waals surface area (Å²) >= 11 is 1.32. The molecule has 6 heteroatoms. The fourth-order valence-corrected chi connectivity index (χ4v) is 2.71. The van der Waals surface area contributed by atoms with Gasteiger partial charge in [-0.2, -0.15) is 0 Å². The number of carboxylic acids is 1. The third kappa shape index (κ3) is 3.46. The number of carbonyl (C=O) groups excluding carboxylic acids is 1. The highest BCUT2D eigenvalue weighted by molar-refractivity contribution is 7.13. The lowest BCUT2D eigenvalue weighted by molar-refractivity contribution is -0.145.